The highest BCUT2D eigenvalue weighted by Gasteiger charge is 2.25. The van der Waals surface area contributed by atoms with E-state index in [1.54, 1.807) is 6.20 Å². The molecule has 110 valence electrons. The molecule has 6 heteroatoms. The predicted molar refractivity (Wildman–Crippen MR) is 81.7 cm³/mol. The van der Waals surface area contributed by atoms with Crippen LogP contribution < -0.4 is 10.9 Å². The van der Waals surface area contributed by atoms with Crippen molar-refractivity contribution >= 4 is 11.4 Å². The number of nitrogens with one attached hydrogen (secondary N) is 2. The number of hydrogen-bond donors (Lipinski definition) is 2. The van der Waals surface area contributed by atoms with Gasteiger partial charge in [0.05, 0.1) is 11.9 Å². The van der Waals surface area contributed by atoms with E-state index >= 15 is 0 Å². The summed E-state index contributed by atoms with van der Waals surface area (Å²) in [7, 11) is 0. The maximum absolute atomic E-state index is 12.2. The van der Waals surface area contributed by atoms with E-state index in [0.717, 1.165) is 18.4 Å². The number of hydrogen-bond acceptors (Lipinski definition) is 3. The molecule has 1 aliphatic rings. The van der Waals surface area contributed by atoms with Gasteiger partial charge < -0.3 is 10.3 Å². The molecule has 1 aliphatic carbocycles. The maximum Gasteiger partial charge on any atom is 0.274 e. The van der Waals surface area contributed by atoms with Gasteiger partial charge in [0.25, 0.3) is 11.5 Å². The van der Waals surface area contributed by atoms with E-state index in [2.05, 4.69) is 15.4 Å². The fourth-order valence-electron chi connectivity index (χ4n) is 2.37. The molecule has 6 nitrogen and oxygen atoms in total. The van der Waals surface area contributed by atoms with Crippen molar-refractivity contribution < 1.29 is 4.79 Å². The Morgan fingerprint density at radius 2 is 2.05 bits per heavy atom. The zero-order valence-electron chi connectivity index (χ0n) is 11.7. The molecule has 0 bridgehead atoms. The number of H-pyrrole nitrogens is 1. The van der Waals surface area contributed by atoms with Crippen molar-refractivity contribution in [2.24, 2.45) is 0 Å². The summed E-state index contributed by atoms with van der Waals surface area (Å²) in [6.07, 6.45) is 3.75. The number of benzene rings is 1. The van der Waals surface area contributed by atoms with E-state index < -0.39 is 0 Å². The maximum atomic E-state index is 12.2. The summed E-state index contributed by atoms with van der Waals surface area (Å²) in [5.74, 6) is -0.230. The van der Waals surface area contributed by atoms with Crippen LogP contribution in [0.15, 0.2) is 47.4 Å². The summed E-state index contributed by atoms with van der Waals surface area (Å²) in [6, 6.07) is 11.3. The van der Waals surface area contributed by atoms with Crippen molar-refractivity contribution in [2.75, 3.05) is 0 Å². The molecule has 1 saturated carbocycles. The van der Waals surface area contributed by atoms with E-state index in [4.69, 9.17) is 0 Å². The van der Waals surface area contributed by atoms with Crippen LogP contribution >= 0.6 is 0 Å². The SMILES string of the molecule is O=C(NC1CC1)c1cc2c(=O)[nH]c(-c3ccccc3)cn2n1. The second kappa shape index (κ2) is 4.84. The van der Waals surface area contributed by atoms with Gasteiger partial charge in [-0.2, -0.15) is 5.10 Å². The molecule has 2 heterocycles. The molecule has 0 unspecified atom stereocenters. The highest BCUT2D eigenvalue weighted by Crippen LogP contribution is 2.19. The van der Waals surface area contributed by atoms with Crippen LogP contribution in [-0.2, 0) is 0 Å². The van der Waals surface area contributed by atoms with Crippen molar-refractivity contribution in [3.05, 3.63) is 58.6 Å². The third-order valence-electron chi connectivity index (χ3n) is 3.70. The van der Waals surface area contributed by atoms with Gasteiger partial charge in [-0.3, -0.25) is 9.59 Å². The average Bonchev–Trinajstić information content (AvgIpc) is 3.23. The molecule has 4 rings (SSSR count). The summed E-state index contributed by atoms with van der Waals surface area (Å²) < 4.78 is 1.46. The number of rotatable bonds is 3. The van der Waals surface area contributed by atoms with Crippen LogP contribution in [0.5, 0.6) is 0 Å². The Kier molecular flexibility index (Phi) is 2.82. The molecule has 2 N–H and O–H groups in total. The van der Waals surface area contributed by atoms with Crippen LogP contribution in [0.1, 0.15) is 23.3 Å². The number of carbonyl (C=O) groups excluding carboxylic acids is 1. The van der Waals surface area contributed by atoms with Gasteiger partial charge in [-0.05, 0) is 18.4 Å². The topological polar surface area (TPSA) is 79.3 Å². The van der Waals surface area contributed by atoms with E-state index in [0.29, 0.717) is 11.2 Å². The lowest BCUT2D eigenvalue weighted by Crippen LogP contribution is -2.25. The van der Waals surface area contributed by atoms with Crippen molar-refractivity contribution in [2.45, 2.75) is 18.9 Å². The Labute approximate surface area is 125 Å². The van der Waals surface area contributed by atoms with Crippen molar-refractivity contribution in [3.8, 4) is 11.3 Å². The smallest absolute Gasteiger partial charge is 0.274 e. The van der Waals surface area contributed by atoms with Gasteiger partial charge in [0.2, 0.25) is 0 Å². The van der Waals surface area contributed by atoms with Gasteiger partial charge >= 0.3 is 0 Å². The van der Waals surface area contributed by atoms with Crippen LogP contribution in [0.4, 0.5) is 0 Å². The molecule has 2 aromatic heterocycles. The highest BCUT2D eigenvalue weighted by atomic mass is 16.2. The molecule has 0 spiro atoms. The molecular formula is C16H14N4O2. The highest BCUT2D eigenvalue weighted by molar-refractivity contribution is 5.93. The normalized spacial score (nSPS) is 14.2. The lowest BCUT2D eigenvalue weighted by molar-refractivity contribution is 0.0946. The third-order valence-corrected chi connectivity index (χ3v) is 3.70. The van der Waals surface area contributed by atoms with Crippen LogP contribution in [-0.4, -0.2) is 26.5 Å². The monoisotopic (exact) mass is 294 g/mol. The first-order valence-corrected chi connectivity index (χ1v) is 7.20. The molecule has 1 aromatic carbocycles. The number of amides is 1. The van der Waals surface area contributed by atoms with Crippen molar-refractivity contribution in [1.29, 1.82) is 0 Å². The Bertz CT molecular complexity index is 907. The number of aromatic nitrogens is 3. The molecule has 0 radical (unpaired) electrons. The molecule has 1 fully saturated rings. The second-order valence-corrected chi connectivity index (χ2v) is 5.47. The van der Waals surface area contributed by atoms with Gasteiger partial charge in [0.1, 0.15) is 5.52 Å². The van der Waals surface area contributed by atoms with Gasteiger partial charge in [-0.15, -0.1) is 0 Å². The van der Waals surface area contributed by atoms with Crippen LogP contribution in [0.2, 0.25) is 0 Å². The van der Waals surface area contributed by atoms with Gasteiger partial charge in [0.15, 0.2) is 5.69 Å². The lowest BCUT2D eigenvalue weighted by Gasteiger charge is -2.01. The molecule has 0 aliphatic heterocycles. The fraction of sp³-hybridized carbons (Fsp3) is 0.188. The van der Waals surface area contributed by atoms with Gasteiger partial charge in [-0.25, -0.2) is 4.52 Å². The van der Waals surface area contributed by atoms with Gasteiger partial charge in [-0.1, -0.05) is 30.3 Å². The summed E-state index contributed by atoms with van der Waals surface area (Å²) >= 11 is 0. The molecule has 1 amide bonds. The summed E-state index contributed by atoms with van der Waals surface area (Å²) in [5.41, 5.74) is 1.92. The van der Waals surface area contributed by atoms with Gasteiger partial charge in [0, 0.05) is 12.1 Å². The summed E-state index contributed by atoms with van der Waals surface area (Å²) in [6.45, 7) is 0. The van der Waals surface area contributed by atoms with E-state index in [1.165, 1.54) is 10.6 Å². The minimum absolute atomic E-state index is 0.230. The number of nitrogens with zero attached hydrogens (tertiary/aromatic N) is 2. The molecular weight excluding hydrogens is 280 g/mol. The number of aromatic amines is 1. The summed E-state index contributed by atoms with van der Waals surface area (Å²) in [4.78, 5) is 27.1. The quantitative estimate of drug-likeness (QED) is 0.769. The Morgan fingerprint density at radius 1 is 1.27 bits per heavy atom. The van der Waals surface area contributed by atoms with Crippen molar-refractivity contribution in [3.63, 3.8) is 0 Å². The minimum Gasteiger partial charge on any atom is -0.348 e. The van der Waals surface area contributed by atoms with E-state index in [1.807, 2.05) is 30.3 Å². The zero-order valence-corrected chi connectivity index (χ0v) is 11.7. The first-order chi connectivity index (χ1) is 10.7. The largest absolute Gasteiger partial charge is 0.348 e. The minimum atomic E-state index is -0.265. The first kappa shape index (κ1) is 12.8. The molecule has 0 saturated heterocycles. The molecule has 3 aromatic rings. The lowest BCUT2D eigenvalue weighted by atomic mass is 10.2. The second-order valence-electron chi connectivity index (χ2n) is 5.47. The molecule has 22 heavy (non-hydrogen) atoms. The van der Waals surface area contributed by atoms with Crippen LogP contribution in [0.25, 0.3) is 16.8 Å². The van der Waals surface area contributed by atoms with Crippen LogP contribution in [0.3, 0.4) is 0 Å². The Balaban J connectivity index is 1.77. The Morgan fingerprint density at radius 3 is 2.77 bits per heavy atom. The Hall–Kier alpha value is -2.89. The van der Waals surface area contributed by atoms with Crippen LogP contribution in [0, 0.1) is 0 Å². The predicted octanol–water partition coefficient (Wildman–Crippen LogP) is 1.58. The first-order valence-electron chi connectivity index (χ1n) is 7.20. The fourth-order valence-corrected chi connectivity index (χ4v) is 2.37. The number of carbonyl (C=O) groups is 1. The van der Waals surface area contributed by atoms with E-state index in [-0.39, 0.29) is 23.2 Å². The number of fused-ring (bicyclic) bond motifs is 1. The van der Waals surface area contributed by atoms with E-state index in [9.17, 15) is 9.59 Å². The van der Waals surface area contributed by atoms with Crippen molar-refractivity contribution in [1.82, 2.24) is 19.9 Å². The molecule has 0 atom stereocenters. The third kappa shape index (κ3) is 2.28. The summed E-state index contributed by atoms with van der Waals surface area (Å²) in [5, 5.41) is 7.09. The standard InChI is InChI=1S/C16H14N4O2/c21-15(17-11-6-7-11)12-8-14-16(22)18-13(9-20(14)19-12)10-4-2-1-3-5-10/h1-5,8-9,11H,6-7H2,(H,17,21)(H,18,22). The zero-order chi connectivity index (χ0) is 15.1. The average molecular weight is 294 g/mol.